The highest BCUT2D eigenvalue weighted by Crippen LogP contribution is 2.22. The highest BCUT2D eigenvalue weighted by molar-refractivity contribution is 6.32. The topological polar surface area (TPSA) is 44.1 Å². The molecule has 1 aromatic carbocycles. The normalized spacial score (nSPS) is 10.7. The third-order valence-electron chi connectivity index (χ3n) is 2.93. The summed E-state index contributed by atoms with van der Waals surface area (Å²) < 4.78 is 6.79. The van der Waals surface area contributed by atoms with Crippen LogP contribution in [0.1, 0.15) is 17.0 Å². The van der Waals surface area contributed by atoms with E-state index in [4.69, 9.17) is 27.9 Å². The van der Waals surface area contributed by atoms with E-state index in [0.717, 1.165) is 11.3 Å². The predicted molar refractivity (Wildman–Crippen MR) is 78.5 cm³/mol. The second-order valence-electron chi connectivity index (χ2n) is 4.53. The van der Waals surface area contributed by atoms with Crippen molar-refractivity contribution in [3.05, 3.63) is 45.2 Å². The fourth-order valence-electron chi connectivity index (χ4n) is 1.80. The van der Waals surface area contributed by atoms with Crippen molar-refractivity contribution in [2.24, 2.45) is 0 Å². The van der Waals surface area contributed by atoms with E-state index < -0.39 is 5.97 Å². The molecule has 0 radical (unpaired) electrons. The molecule has 2 aromatic rings. The molecule has 1 aromatic heterocycles. The van der Waals surface area contributed by atoms with Gasteiger partial charge in [-0.2, -0.15) is 5.10 Å². The molecule has 1 heterocycles. The van der Waals surface area contributed by atoms with Crippen molar-refractivity contribution >= 4 is 29.2 Å². The molecule has 4 nitrogen and oxygen atoms in total. The van der Waals surface area contributed by atoms with E-state index in [-0.39, 0.29) is 6.54 Å². The van der Waals surface area contributed by atoms with Crippen LogP contribution >= 0.6 is 23.2 Å². The van der Waals surface area contributed by atoms with E-state index in [9.17, 15) is 4.79 Å². The van der Waals surface area contributed by atoms with Gasteiger partial charge in [0.1, 0.15) is 12.3 Å². The molecule has 0 aliphatic heterocycles. The van der Waals surface area contributed by atoms with Gasteiger partial charge in [0, 0.05) is 5.02 Å². The number of aryl methyl sites for hydroxylation is 2. The molecule has 0 saturated heterocycles. The van der Waals surface area contributed by atoms with Crippen LogP contribution in [0.15, 0.2) is 18.2 Å². The lowest BCUT2D eigenvalue weighted by molar-refractivity contribution is -0.135. The first-order chi connectivity index (χ1) is 9.38. The Hall–Kier alpha value is -1.52. The highest BCUT2D eigenvalue weighted by Gasteiger charge is 2.13. The number of ether oxygens (including phenoxy) is 1. The number of benzene rings is 1. The van der Waals surface area contributed by atoms with Crippen molar-refractivity contribution in [1.82, 2.24) is 9.78 Å². The first-order valence-corrected chi connectivity index (χ1v) is 6.80. The molecule has 0 fully saturated rings. The summed E-state index contributed by atoms with van der Waals surface area (Å²) in [7, 11) is 0. The van der Waals surface area contributed by atoms with Gasteiger partial charge in [-0.05, 0) is 44.5 Å². The summed E-state index contributed by atoms with van der Waals surface area (Å²) in [5.74, 6) is 0.0542. The van der Waals surface area contributed by atoms with E-state index in [1.54, 1.807) is 25.1 Å². The SMILES string of the molecule is Cc1cc(OC(=O)Cn2nc(C)c(Cl)c2C)ccc1Cl. The Kier molecular flexibility index (Phi) is 4.35. The average molecular weight is 313 g/mol. The number of esters is 1. The smallest absolute Gasteiger partial charge is 0.333 e. The summed E-state index contributed by atoms with van der Waals surface area (Å²) in [4.78, 5) is 11.9. The minimum Gasteiger partial charge on any atom is -0.425 e. The van der Waals surface area contributed by atoms with Crippen molar-refractivity contribution in [1.29, 1.82) is 0 Å². The maximum Gasteiger partial charge on any atom is 0.333 e. The monoisotopic (exact) mass is 312 g/mol. The average Bonchev–Trinajstić information content (AvgIpc) is 2.61. The summed E-state index contributed by atoms with van der Waals surface area (Å²) in [6, 6.07) is 5.06. The maximum absolute atomic E-state index is 11.9. The van der Waals surface area contributed by atoms with Gasteiger partial charge < -0.3 is 4.74 Å². The molecular formula is C14H14Cl2N2O2. The summed E-state index contributed by atoms with van der Waals surface area (Å²) in [6.45, 7) is 5.46. The van der Waals surface area contributed by atoms with Gasteiger partial charge in [0.2, 0.25) is 0 Å². The minimum absolute atomic E-state index is 0.0149. The molecule has 0 bridgehead atoms. The lowest BCUT2D eigenvalue weighted by atomic mass is 10.2. The van der Waals surface area contributed by atoms with Crippen LogP contribution in [0.3, 0.4) is 0 Å². The molecule has 6 heteroatoms. The quantitative estimate of drug-likeness (QED) is 0.641. The first kappa shape index (κ1) is 14.9. The summed E-state index contributed by atoms with van der Waals surface area (Å²) in [6.07, 6.45) is 0. The molecule has 0 atom stereocenters. The van der Waals surface area contributed by atoms with Gasteiger partial charge in [0.25, 0.3) is 0 Å². The van der Waals surface area contributed by atoms with Crippen LogP contribution in [0.5, 0.6) is 5.75 Å². The second-order valence-corrected chi connectivity index (χ2v) is 5.31. The molecule has 2 rings (SSSR count). The van der Waals surface area contributed by atoms with Gasteiger partial charge in [-0.3, -0.25) is 4.68 Å². The first-order valence-electron chi connectivity index (χ1n) is 6.05. The molecule has 20 heavy (non-hydrogen) atoms. The van der Waals surface area contributed by atoms with Crippen molar-refractivity contribution in [3.8, 4) is 5.75 Å². The van der Waals surface area contributed by atoms with Crippen molar-refractivity contribution in [2.75, 3.05) is 0 Å². The van der Waals surface area contributed by atoms with Gasteiger partial charge in [0.05, 0.1) is 16.4 Å². The van der Waals surface area contributed by atoms with Crippen LogP contribution in [0.25, 0.3) is 0 Å². The van der Waals surface area contributed by atoms with Gasteiger partial charge in [0.15, 0.2) is 0 Å². The number of carbonyl (C=O) groups is 1. The van der Waals surface area contributed by atoms with Crippen LogP contribution in [-0.4, -0.2) is 15.7 Å². The van der Waals surface area contributed by atoms with Gasteiger partial charge in [-0.15, -0.1) is 0 Å². The van der Waals surface area contributed by atoms with Crippen molar-refractivity contribution in [3.63, 3.8) is 0 Å². The minimum atomic E-state index is -0.408. The van der Waals surface area contributed by atoms with Crippen LogP contribution in [0.4, 0.5) is 0 Å². The molecule has 0 unspecified atom stereocenters. The lowest BCUT2D eigenvalue weighted by Gasteiger charge is -2.07. The molecule has 0 amide bonds. The molecule has 0 saturated carbocycles. The highest BCUT2D eigenvalue weighted by atomic mass is 35.5. The molecule has 106 valence electrons. The zero-order valence-electron chi connectivity index (χ0n) is 11.4. The van der Waals surface area contributed by atoms with Crippen LogP contribution in [-0.2, 0) is 11.3 Å². The molecule has 0 N–H and O–H groups in total. The van der Waals surface area contributed by atoms with E-state index in [0.29, 0.717) is 21.5 Å². The molecule has 0 aliphatic carbocycles. The van der Waals surface area contributed by atoms with Crippen molar-refractivity contribution in [2.45, 2.75) is 27.3 Å². The number of hydrogen-bond acceptors (Lipinski definition) is 3. The Morgan fingerprint density at radius 2 is 2.00 bits per heavy atom. The third kappa shape index (κ3) is 3.14. The number of halogens is 2. The largest absolute Gasteiger partial charge is 0.425 e. The van der Waals surface area contributed by atoms with Crippen LogP contribution < -0.4 is 4.74 Å². The number of nitrogens with zero attached hydrogens (tertiary/aromatic N) is 2. The number of aromatic nitrogens is 2. The van der Waals surface area contributed by atoms with Gasteiger partial charge in [-0.1, -0.05) is 23.2 Å². The molecule has 0 spiro atoms. The summed E-state index contributed by atoms with van der Waals surface area (Å²) >= 11 is 11.9. The van der Waals surface area contributed by atoms with E-state index in [1.165, 1.54) is 4.68 Å². The van der Waals surface area contributed by atoms with Gasteiger partial charge in [-0.25, -0.2) is 4.79 Å². The standard InChI is InChI=1S/C14H14Cl2N2O2/c1-8-6-11(4-5-12(8)15)20-13(19)7-18-10(3)14(16)9(2)17-18/h4-6H,7H2,1-3H3. The Morgan fingerprint density at radius 1 is 1.30 bits per heavy atom. The van der Waals surface area contributed by atoms with Crippen LogP contribution in [0, 0.1) is 20.8 Å². The second kappa shape index (κ2) is 5.85. The van der Waals surface area contributed by atoms with E-state index in [2.05, 4.69) is 5.10 Å². The fraction of sp³-hybridized carbons (Fsp3) is 0.286. The van der Waals surface area contributed by atoms with Crippen molar-refractivity contribution < 1.29 is 9.53 Å². The number of carbonyl (C=O) groups excluding carboxylic acids is 1. The molecular weight excluding hydrogens is 299 g/mol. The fourth-order valence-corrected chi connectivity index (χ4v) is 2.05. The zero-order valence-corrected chi connectivity index (χ0v) is 12.9. The summed E-state index contributed by atoms with van der Waals surface area (Å²) in [5, 5.41) is 5.39. The third-order valence-corrected chi connectivity index (χ3v) is 3.90. The summed E-state index contributed by atoms with van der Waals surface area (Å²) in [5.41, 5.74) is 2.29. The number of rotatable bonds is 3. The lowest BCUT2D eigenvalue weighted by Crippen LogP contribution is -2.18. The zero-order chi connectivity index (χ0) is 14.9. The number of hydrogen-bond donors (Lipinski definition) is 0. The van der Waals surface area contributed by atoms with E-state index >= 15 is 0 Å². The Labute approximate surface area is 127 Å². The Bertz CT molecular complexity index is 665. The molecule has 0 aliphatic rings. The van der Waals surface area contributed by atoms with E-state index in [1.807, 2.05) is 13.8 Å². The Morgan fingerprint density at radius 3 is 2.55 bits per heavy atom. The van der Waals surface area contributed by atoms with Gasteiger partial charge >= 0.3 is 5.97 Å². The van der Waals surface area contributed by atoms with Crippen LogP contribution in [0.2, 0.25) is 10.0 Å². The predicted octanol–water partition coefficient (Wildman–Crippen LogP) is 3.72. The Balaban J connectivity index is 2.09. The maximum atomic E-state index is 11.9.